The maximum atomic E-state index is 14.5. The number of aromatic nitrogens is 12. The lowest BCUT2D eigenvalue weighted by Crippen LogP contribution is -2.31. The van der Waals surface area contributed by atoms with Crippen molar-refractivity contribution >= 4 is 85.2 Å². The van der Waals surface area contributed by atoms with Gasteiger partial charge in [-0.3, -0.25) is 14.4 Å². The number of carbonyl (C=O) groups excluding carboxylic acids is 3. The summed E-state index contributed by atoms with van der Waals surface area (Å²) in [5.41, 5.74) is 6.19. The number of carbonyl (C=O) groups is 3. The summed E-state index contributed by atoms with van der Waals surface area (Å²) in [7, 11) is 3.51. The molecule has 36 heteroatoms. The van der Waals surface area contributed by atoms with E-state index < -0.39 is 112 Å². The molecule has 24 nitrogen and oxygen atoms in total. The molecule has 3 amide bonds. The van der Waals surface area contributed by atoms with Gasteiger partial charge in [-0.15, -0.1) is 0 Å². The minimum Gasteiger partial charge on any atom is -0.487 e. The molecule has 12 aromatic rings. The summed E-state index contributed by atoms with van der Waals surface area (Å²) in [5.74, 6) is -2.47. The Bertz CT molecular complexity index is 5620. The zero-order valence-electron chi connectivity index (χ0n) is 64.8. The van der Waals surface area contributed by atoms with Gasteiger partial charge in [0.15, 0.2) is 11.6 Å². The van der Waals surface area contributed by atoms with E-state index in [-0.39, 0.29) is 50.7 Å². The zero-order valence-corrected chi connectivity index (χ0v) is 62.0. The first kappa shape index (κ1) is 75.3. The highest BCUT2D eigenvalue weighted by atomic mass is 35.5. The molecule has 0 radical (unpaired) electrons. The maximum absolute atomic E-state index is 14.5. The van der Waals surface area contributed by atoms with E-state index in [1.54, 1.807) is 78.4 Å². The molecular weight excluding hydrogens is 1530 g/mol. The van der Waals surface area contributed by atoms with Crippen molar-refractivity contribution in [3.05, 3.63) is 217 Å². The molecule has 3 N–H and O–H groups in total. The summed E-state index contributed by atoms with van der Waals surface area (Å²) < 4.78 is 193. The van der Waals surface area contributed by atoms with Crippen molar-refractivity contribution in [1.82, 2.24) is 75.2 Å². The number of nitrogens with zero attached hydrogens (tertiary/aromatic N) is 12. The van der Waals surface area contributed by atoms with Crippen LogP contribution in [-0.2, 0) is 62.5 Å². The Labute approximate surface area is 649 Å². The summed E-state index contributed by atoms with van der Waals surface area (Å²) in [6.07, 6.45) is 4.33. The van der Waals surface area contributed by atoms with E-state index in [2.05, 4.69) is 70.0 Å². The summed E-state index contributed by atoms with van der Waals surface area (Å²) in [6, 6.07) is 21.8. The number of para-hydroxylation sites is 3. The van der Waals surface area contributed by atoms with Gasteiger partial charge in [-0.05, 0) is 138 Å². The van der Waals surface area contributed by atoms with Gasteiger partial charge in [0.1, 0.15) is 116 Å². The normalized spacial score (nSPS) is 13.6. The van der Waals surface area contributed by atoms with Crippen LogP contribution in [0.5, 0.6) is 17.2 Å². The molecule has 582 valence electrons. The second-order valence-electron chi connectivity index (χ2n) is 24.2. The third-order valence-corrected chi connectivity index (χ3v) is 17.4. The number of pyridine rings is 3. The zero-order chi connectivity index (χ0) is 84.4. The van der Waals surface area contributed by atoms with Gasteiger partial charge in [0.25, 0.3) is 0 Å². The summed E-state index contributed by atoms with van der Waals surface area (Å²) in [6.45, 7) is -6.53. The van der Waals surface area contributed by atoms with Crippen LogP contribution in [0.2, 0.25) is 15.1 Å². The lowest BCUT2D eigenvalue weighted by molar-refractivity contribution is -0.152. The molecule has 6 aromatic heterocycles. The number of rotatable bonds is 27. The van der Waals surface area contributed by atoms with Gasteiger partial charge in [-0.1, -0.05) is 71.2 Å². The number of alkyl halides is 6. The second-order valence-corrected chi connectivity index (χ2v) is 25.5. The number of hydrogen-bond acceptors (Lipinski definition) is 18. The molecule has 0 saturated heterocycles. The quantitative estimate of drug-likeness (QED) is 0.0404. The highest BCUT2D eigenvalue weighted by Crippen LogP contribution is 2.38. The predicted octanol–water partition coefficient (Wildman–Crippen LogP) is 15.5. The molecule has 12 rings (SSSR count). The standard InChI is InChI=1S/3C25H23ClF3N5O3/c2*1-13-7-18(24-30-12-31-34(24)3)16-5-4-6-21(23(16)32-13)36-10-19-17(8-15(27)9-20(19)26)14(2)33-22(35)11-37-25(28)29;1-13-7-21(34-15(3)30-12-31-34)17-5-4-6-22(24(17)32-13)36-10-19-18(8-16(27)9-20(19)26)14(2)33-23(35)11-37-25(28)29/h3*4-9,12,14,25H,10-11H2,1-3H3,(H,33,35)/t3*14-/m000/s1/i2D3,14D;14D;. The molecule has 6 heterocycles. The van der Waals surface area contributed by atoms with E-state index >= 15 is 0 Å². The van der Waals surface area contributed by atoms with Gasteiger partial charge in [0.2, 0.25) is 17.7 Å². The first-order valence-electron chi connectivity index (χ1n) is 35.5. The van der Waals surface area contributed by atoms with Crippen LogP contribution in [0.25, 0.3) is 61.2 Å². The molecule has 6 aromatic carbocycles. The number of ether oxygens (including phenoxy) is 6. The van der Waals surface area contributed by atoms with Crippen LogP contribution in [0.4, 0.5) is 39.5 Å². The molecule has 0 bridgehead atoms. The third kappa shape index (κ3) is 20.9. The van der Waals surface area contributed by atoms with Crippen molar-refractivity contribution in [3.8, 4) is 45.7 Å². The molecule has 0 fully saturated rings. The van der Waals surface area contributed by atoms with Crippen LogP contribution < -0.4 is 30.2 Å². The van der Waals surface area contributed by atoms with Crippen molar-refractivity contribution in [2.45, 2.75) is 106 Å². The van der Waals surface area contributed by atoms with Crippen LogP contribution in [0.1, 0.15) is 102 Å². The molecular formula is C75H69Cl3F9N15O9. The Morgan fingerprint density at radius 2 is 0.856 bits per heavy atom. The number of aryl methyl sites for hydroxylation is 6. The Morgan fingerprint density at radius 3 is 1.25 bits per heavy atom. The average Bonchev–Trinajstić information content (AvgIpc) is 0.879. The van der Waals surface area contributed by atoms with Gasteiger partial charge in [-0.2, -0.15) is 41.6 Å². The van der Waals surface area contributed by atoms with Crippen LogP contribution in [0, 0.1) is 45.1 Å². The van der Waals surface area contributed by atoms with E-state index in [0.29, 0.717) is 73.4 Å². The number of nitrogens with one attached hydrogen (secondary N) is 3. The summed E-state index contributed by atoms with van der Waals surface area (Å²) >= 11 is 19.0. The van der Waals surface area contributed by atoms with E-state index in [1.165, 1.54) is 32.0 Å². The van der Waals surface area contributed by atoms with Crippen molar-refractivity contribution in [2.75, 3.05) is 19.8 Å². The molecule has 0 spiro atoms. The van der Waals surface area contributed by atoms with E-state index in [0.717, 1.165) is 63.6 Å². The fraction of sp³-hybridized carbons (Fsp3) is 0.280. The summed E-state index contributed by atoms with van der Waals surface area (Å²) in [5, 5.41) is 21.1. The Morgan fingerprint density at radius 1 is 0.486 bits per heavy atom. The Balaban J connectivity index is 0.000000184. The first-order valence-corrected chi connectivity index (χ1v) is 34.1. The van der Waals surface area contributed by atoms with Crippen molar-refractivity contribution < 1.29 is 89.2 Å². The second kappa shape index (κ2) is 37.1. The highest BCUT2D eigenvalue weighted by Gasteiger charge is 2.26. The molecule has 0 saturated carbocycles. The SMILES string of the molecule is Cc1cc(-n2ncnc2C)c2cccc(OCc3c(Cl)cc(F)cc3[C@H](C)NC(=O)COC(F)F)c2n1.[2H]C([2H])([2H])[C@]([2H])(NC(=O)COC(F)F)c1cc(F)cc(Cl)c1COc1cccc2c(-c3ncnn3C)cc(C)nc12.[2H][C@@](C)(NC(=O)COC(F)F)c1cc(F)cc(Cl)c1COc1cccc2c(-c3ncnn3C)cc(C)nc12. The summed E-state index contributed by atoms with van der Waals surface area (Å²) in [4.78, 5) is 63.0. The van der Waals surface area contributed by atoms with Gasteiger partial charge in [0.05, 0.1) is 41.6 Å². The van der Waals surface area contributed by atoms with Gasteiger partial charge in [0, 0.05) is 79.3 Å². The molecule has 111 heavy (non-hydrogen) atoms. The fourth-order valence-corrected chi connectivity index (χ4v) is 12.3. The van der Waals surface area contributed by atoms with Crippen LogP contribution in [0.3, 0.4) is 0 Å². The van der Waals surface area contributed by atoms with E-state index in [1.807, 2.05) is 62.5 Å². The number of halogens is 12. The van der Waals surface area contributed by atoms with Crippen molar-refractivity contribution in [3.63, 3.8) is 0 Å². The van der Waals surface area contributed by atoms with Gasteiger partial charge >= 0.3 is 19.8 Å². The number of hydrogen-bond donors (Lipinski definition) is 3. The third-order valence-electron chi connectivity index (χ3n) is 16.4. The maximum Gasteiger partial charge on any atom is 0.345 e. The fourth-order valence-electron chi connectivity index (χ4n) is 11.5. The number of fused-ring (bicyclic) bond motifs is 3. The van der Waals surface area contributed by atoms with Crippen LogP contribution in [0.15, 0.2) is 128 Å². The average molecular weight is 1610 g/mol. The Kier molecular flexibility index (Phi) is 25.2. The van der Waals surface area contributed by atoms with Gasteiger partial charge < -0.3 is 44.4 Å². The largest absolute Gasteiger partial charge is 0.487 e. The smallest absolute Gasteiger partial charge is 0.345 e. The van der Waals surface area contributed by atoms with E-state index in [4.69, 9.17) is 55.9 Å². The molecule has 0 unspecified atom stereocenters. The monoisotopic (exact) mass is 1600 g/mol. The van der Waals surface area contributed by atoms with Crippen molar-refractivity contribution in [2.24, 2.45) is 14.1 Å². The molecule has 0 aliphatic carbocycles. The van der Waals surface area contributed by atoms with Gasteiger partial charge in [-0.25, -0.2) is 57.1 Å². The van der Waals surface area contributed by atoms with Crippen LogP contribution >= 0.6 is 34.8 Å². The first-order chi connectivity index (χ1) is 54.8. The topological polar surface area (TPSA) is 273 Å². The predicted molar refractivity (Wildman–Crippen MR) is 392 cm³/mol. The van der Waals surface area contributed by atoms with E-state index in [9.17, 15) is 53.9 Å². The minimum atomic E-state index is -3.31. The number of amides is 3. The molecule has 0 aliphatic heterocycles. The lowest BCUT2D eigenvalue weighted by atomic mass is 10.0. The lowest BCUT2D eigenvalue weighted by Gasteiger charge is -2.20. The Hall–Kier alpha value is -11.1. The minimum absolute atomic E-state index is 0.0166. The van der Waals surface area contributed by atoms with Crippen molar-refractivity contribution in [1.29, 1.82) is 0 Å². The molecule has 3 atom stereocenters. The van der Waals surface area contributed by atoms with Crippen LogP contribution in [-0.4, -0.2) is 117 Å². The molecule has 0 aliphatic rings. The number of benzene rings is 6. The highest BCUT2D eigenvalue weighted by molar-refractivity contribution is 6.32.